The summed E-state index contributed by atoms with van der Waals surface area (Å²) >= 11 is 3.15. The maximum atomic E-state index is 12.8. The van der Waals surface area contributed by atoms with Crippen molar-refractivity contribution < 1.29 is 0 Å². The van der Waals surface area contributed by atoms with Gasteiger partial charge in [0.2, 0.25) is 0 Å². The summed E-state index contributed by atoms with van der Waals surface area (Å²) in [5, 5.41) is 2.78. The Balaban J connectivity index is 1.95. The average Bonchev–Trinajstić information content (AvgIpc) is 3.04. The first-order valence-electron chi connectivity index (χ1n) is 8.27. The van der Waals surface area contributed by atoms with E-state index in [0.29, 0.717) is 0 Å². The van der Waals surface area contributed by atoms with Gasteiger partial charge in [0, 0.05) is 12.3 Å². The minimum Gasteiger partial charge on any atom is -0.286 e. The summed E-state index contributed by atoms with van der Waals surface area (Å²) in [5.74, 6) is 0.835. The summed E-state index contributed by atoms with van der Waals surface area (Å²) in [6.45, 7) is 7.13. The van der Waals surface area contributed by atoms with Crippen molar-refractivity contribution in [2.45, 2.75) is 51.1 Å². The molecule has 0 saturated heterocycles. The lowest BCUT2D eigenvalue weighted by Gasteiger charge is -2.12. The smallest absolute Gasteiger partial charge is 0.272 e. The van der Waals surface area contributed by atoms with Gasteiger partial charge in [-0.2, -0.15) is 0 Å². The van der Waals surface area contributed by atoms with Crippen LogP contribution in [-0.4, -0.2) is 9.55 Å². The number of thioether (sulfide) groups is 1. The second-order valence-electron chi connectivity index (χ2n) is 6.06. The zero-order chi connectivity index (χ0) is 17.1. The van der Waals surface area contributed by atoms with Gasteiger partial charge in [0.05, 0.1) is 5.52 Å². The Kier molecular flexibility index (Phi) is 5.41. The SMILES string of the molecule is CCCCn1c(SCc2cc(C)ccc2C)nc2ccsc2c1=O. The number of aryl methyl sites for hydroxylation is 2. The predicted molar refractivity (Wildman–Crippen MR) is 104 cm³/mol. The summed E-state index contributed by atoms with van der Waals surface area (Å²) in [5.41, 5.74) is 4.78. The molecule has 0 unspecified atom stereocenters. The van der Waals surface area contributed by atoms with Gasteiger partial charge in [0.1, 0.15) is 4.70 Å². The van der Waals surface area contributed by atoms with Crippen LogP contribution in [0.2, 0.25) is 0 Å². The molecule has 0 atom stereocenters. The van der Waals surface area contributed by atoms with Crippen LogP contribution in [-0.2, 0) is 12.3 Å². The van der Waals surface area contributed by atoms with E-state index in [4.69, 9.17) is 4.98 Å². The number of hydrogen-bond acceptors (Lipinski definition) is 4. The lowest BCUT2D eigenvalue weighted by Crippen LogP contribution is -2.22. The molecule has 5 heteroatoms. The van der Waals surface area contributed by atoms with Gasteiger partial charge in [-0.15, -0.1) is 11.3 Å². The monoisotopic (exact) mass is 358 g/mol. The van der Waals surface area contributed by atoms with Crippen molar-refractivity contribution in [2.24, 2.45) is 0 Å². The molecule has 3 rings (SSSR count). The van der Waals surface area contributed by atoms with E-state index in [1.165, 1.54) is 28.0 Å². The Bertz CT molecular complexity index is 911. The van der Waals surface area contributed by atoms with Gasteiger partial charge in [0.15, 0.2) is 5.16 Å². The number of benzene rings is 1. The molecule has 0 radical (unpaired) electrons. The van der Waals surface area contributed by atoms with Gasteiger partial charge >= 0.3 is 0 Å². The quantitative estimate of drug-likeness (QED) is 0.450. The second-order valence-corrected chi connectivity index (χ2v) is 7.92. The van der Waals surface area contributed by atoms with E-state index < -0.39 is 0 Å². The molecular weight excluding hydrogens is 336 g/mol. The van der Waals surface area contributed by atoms with E-state index in [9.17, 15) is 4.79 Å². The van der Waals surface area contributed by atoms with Crippen LogP contribution in [0.5, 0.6) is 0 Å². The van der Waals surface area contributed by atoms with Crippen LogP contribution in [0.1, 0.15) is 36.5 Å². The molecule has 0 aliphatic heterocycles. The Morgan fingerprint density at radius 1 is 1.25 bits per heavy atom. The van der Waals surface area contributed by atoms with E-state index in [1.807, 2.05) is 16.0 Å². The summed E-state index contributed by atoms with van der Waals surface area (Å²) in [6, 6.07) is 8.45. The molecule has 0 amide bonds. The van der Waals surface area contributed by atoms with Crippen molar-refractivity contribution in [2.75, 3.05) is 0 Å². The fraction of sp³-hybridized carbons (Fsp3) is 0.368. The number of aromatic nitrogens is 2. The maximum Gasteiger partial charge on any atom is 0.272 e. The van der Waals surface area contributed by atoms with E-state index in [-0.39, 0.29) is 5.56 Å². The molecular formula is C19H22N2OS2. The van der Waals surface area contributed by atoms with Crippen molar-refractivity contribution >= 4 is 33.3 Å². The van der Waals surface area contributed by atoms with Crippen molar-refractivity contribution in [1.82, 2.24) is 9.55 Å². The summed E-state index contributed by atoms with van der Waals surface area (Å²) in [7, 11) is 0. The van der Waals surface area contributed by atoms with Crippen molar-refractivity contribution in [1.29, 1.82) is 0 Å². The Labute approximate surface area is 150 Å². The Hall–Kier alpha value is -1.59. The zero-order valence-corrected chi connectivity index (χ0v) is 16.0. The molecule has 3 nitrogen and oxygen atoms in total. The number of unbranched alkanes of at least 4 members (excludes halogenated alkanes) is 1. The van der Waals surface area contributed by atoms with E-state index >= 15 is 0 Å². The predicted octanol–water partition coefficient (Wildman–Crippen LogP) is 5.17. The summed E-state index contributed by atoms with van der Waals surface area (Å²) in [4.78, 5) is 17.5. The topological polar surface area (TPSA) is 34.9 Å². The zero-order valence-electron chi connectivity index (χ0n) is 14.3. The van der Waals surface area contributed by atoms with Crippen molar-refractivity contribution in [3.05, 3.63) is 56.7 Å². The molecule has 0 aliphatic rings. The minimum absolute atomic E-state index is 0.104. The van der Waals surface area contributed by atoms with Crippen molar-refractivity contribution in [3.8, 4) is 0 Å². The van der Waals surface area contributed by atoms with Crippen LogP contribution < -0.4 is 5.56 Å². The average molecular weight is 359 g/mol. The normalized spacial score (nSPS) is 11.3. The van der Waals surface area contributed by atoms with Gasteiger partial charge in [-0.05, 0) is 42.8 Å². The molecule has 0 bridgehead atoms. The number of fused-ring (bicyclic) bond motifs is 1. The van der Waals surface area contributed by atoms with Crippen LogP contribution in [0.4, 0.5) is 0 Å². The molecule has 0 fully saturated rings. The molecule has 1 aromatic carbocycles. The molecule has 0 saturated carbocycles. The number of nitrogens with zero attached hydrogens (tertiary/aromatic N) is 2. The number of hydrogen-bond donors (Lipinski definition) is 0. The Morgan fingerprint density at radius 3 is 2.88 bits per heavy atom. The standard InChI is InChI=1S/C19H22N2OS2/c1-4-5-9-21-18(22)17-16(8-10-23-17)20-19(21)24-12-15-11-13(2)6-7-14(15)3/h6-8,10-11H,4-5,9,12H2,1-3H3. The third kappa shape index (κ3) is 3.57. The highest BCUT2D eigenvalue weighted by molar-refractivity contribution is 7.98. The molecule has 0 spiro atoms. The fourth-order valence-electron chi connectivity index (χ4n) is 2.65. The van der Waals surface area contributed by atoms with Crippen LogP contribution in [0.25, 0.3) is 10.2 Å². The molecule has 126 valence electrons. The van der Waals surface area contributed by atoms with Gasteiger partial charge < -0.3 is 0 Å². The minimum atomic E-state index is 0.104. The molecule has 24 heavy (non-hydrogen) atoms. The maximum absolute atomic E-state index is 12.8. The molecule has 3 aromatic rings. The highest BCUT2D eigenvalue weighted by Crippen LogP contribution is 2.26. The summed E-state index contributed by atoms with van der Waals surface area (Å²) < 4.78 is 2.63. The van der Waals surface area contributed by atoms with Gasteiger partial charge in [-0.1, -0.05) is 48.9 Å². The van der Waals surface area contributed by atoms with Gasteiger partial charge in [-0.25, -0.2) is 4.98 Å². The first-order valence-corrected chi connectivity index (χ1v) is 10.1. The molecule has 2 heterocycles. The van der Waals surface area contributed by atoms with Crippen LogP contribution in [0, 0.1) is 13.8 Å². The highest BCUT2D eigenvalue weighted by atomic mass is 32.2. The van der Waals surface area contributed by atoms with E-state index in [1.54, 1.807) is 11.8 Å². The lowest BCUT2D eigenvalue weighted by atomic mass is 10.1. The fourth-order valence-corrected chi connectivity index (χ4v) is 4.51. The largest absolute Gasteiger partial charge is 0.286 e. The highest BCUT2D eigenvalue weighted by Gasteiger charge is 2.13. The van der Waals surface area contributed by atoms with E-state index in [0.717, 1.165) is 40.5 Å². The number of thiophene rings is 1. The van der Waals surface area contributed by atoms with Crippen LogP contribution in [0.3, 0.4) is 0 Å². The summed E-state index contributed by atoms with van der Waals surface area (Å²) in [6.07, 6.45) is 2.06. The van der Waals surface area contributed by atoms with Gasteiger partial charge in [0.25, 0.3) is 5.56 Å². The first kappa shape index (κ1) is 17.2. The molecule has 0 aliphatic carbocycles. The third-order valence-corrected chi connectivity index (χ3v) is 6.04. The number of rotatable bonds is 6. The third-order valence-electron chi connectivity index (χ3n) is 4.13. The Morgan fingerprint density at radius 2 is 2.08 bits per heavy atom. The molecule has 2 aromatic heterocycles. The van der Waals surface area contributed by atoms with E-state index in [2.05, 4.69) is 39.0 Å². The van der Waals surface area contributed by atoms with Crippen LogP contribution in [0.15, 0.2) is 39.6 Å². The van der Waals surface area contributed by atoms with Crippen LogP contribution >= 0.6 is 23.1 Å². The van der Waals surface area contributed by atoms with Crippen molar-refractivity contribution in [3.63, 3.8) is 0 Å². The second kappa shape index (κ2) is 7.53. The van der Waals surface area contributed by atoms with Gasteiger partial charge in [-0.3, -0.25) is 9.36 Å². The first-order chi connectivity index (χ1) is 11.6. The molecule has 0 N–H and O–H groups in total. The lowest BCUT2D eigenvalue weighted by molar-refractivity contribution is 0.558.